The first-order chi connectivity index (χ1) is 7.29. The number of aromatic nitrogens is 2. The molecule has 2 rings (SSSR count). The molecular formula is C12H13N3. The van der Waals surface area contributed by atoms with Gasteiger partial charge in [-0.1, -0.05) is 23.8 Å². The van der Waals surface area contributed by atoms with E-state index in [1.54, 1.807) is 0 Å². The number of hydrogen-bond donors (Lipinski definition) is 1. The van der Waals surface area contributed by atoms with Gasteiger partial charge in [-0.05, 0) is 25.1 Å². The highest BCUT2D eigenvalue weighted by atomic mass is 15.2. The fourth-order valence-electron chi connectivity index (χ4n) is 1.42. The minimum Gasteiger partial charge on any atom is -0.372 e. The average Bonchev–Trinajstić information content (AvgIpc) is 2.29. The Bertz CT molecular complexity index is 449. The number of hydrogen-bond acceptors (Lipinski definition) is 3. The van der Waals surface area contributed by atoms with Crippen molar-refractivity contribution in [3.8, 4) is 11.3 Å². The first kappa shape index (κ1) is 9.65. The fourth-order valence-corrected chi connectivity index (χ4v) is 1.42. The average molecular weight is 199 g/mol. The zero-order valence-electron chi connectivity index (χ0n) is 8.86. The van der Waals surface area contributed by atoms with Crippen molar-refractivity contribution >= 4 is 5.82 Å². The van der Waals surface area contributed by atoms with E-state index in [-0.39, 0.29) is 0 Å². The van der Waals surface area contributed by atoms with Crippen LogP contribution in [0.15, 0.2) is 36.4 Å². The van der Waals surface area contributed by atoms with E-state index in [2.05, 4.69) is 34.6 Å². The molecule has 0 amide bonds. The number of rotatable bonds is 2. The molecule has 2 aromatic rings. The summed E-state index contributed by atoms with van der Waals surface area (Å²) in [4.78, 5) is 0. The highest BCUT2D eigenvalue weighted by molar-refractivity contribution is 5.60. The predicted octanol–water partition coefficient (Wildman–Crippen LogP) is 2.49. The topological polar surface area (TPSA) is 37.8 Å². The number of aryl methyl sites for hydroxylation is 1. The van der Waals surface area contributed by atoms with E-state index in [9.17, 15) is 0 Å². The molecule has 1 N–H and O–H groups in total. The molecule has 0 fully saturated rings. The van der Waals surface area contributed by atoms with Crippen molar-refractivity contribution in [3.63, 3.8) is 0 Å². The van der Waals surface area contributed by atoms with Gasteiger partial charge in [0.1, 0.15) is 5.82 Å². The molecule has 15 heavy (non-hydrogen) atoms. The molecule has 0 saturated carbocycles. The SMILES string of the molecule is CNc1ccc(-c2cccc(C)c2)nn1. The van der Waals surface area contributed by atoms with Gasteiger partial charge in [0.2, 0.25) is 0 Å². The zero-order valence-corrected chi connectivity index (χ0v) is 8.86. The Balaban J connectivity index is 2.37. The molecule has 0 unspecified atom stereocenters. The van der Waals surface area contributed by atoms with Crippen molar-refractivity contribution in [1.29, 1.82) is 0 Å². The van der Waals surface area contributed by atoms with Crippen LogP contribution in [0.25, 0.3) is 11.3 Å². The molecule has 1 aromatic heterocycles. The lowest BCUT2D eigenvalue weighted by Gasteiger charge is -2.02. The molecular weight excluding hydrogens is 186 g/mol. The summed E-state index contributed by atoms with van der Waals surface area (Å²) in [5.41, 5.74) is 3.23. The van der Waals surface area contributed by atoms with Gasteiger partial charge in [-0.3, -0.25) is 0 Å². The van der Waals surface area contributed by atoms with Crippen molar-refractivity contribution < 1.29 is 0 Å². The number of benzene rings is 1. The molecule has 0 radical (unpaired) electrons. The van der Waals surface area contributed by atoms with Crippen LogP contribution in [0, 0.1) is 6.92 Å². The maximum absolute atomic E-state index is 4.15. The third-order valence-electron chi connectivity index (χ3n) is 2.23. The molecule has 3 nitrogen and oxygen atoms in total. The van der Waals surface area contributed by atoms with E-state index in [0.29, 0.717) is 0 Å². The van der Waals surface area contributed by atoms with Crippen LogP contribution in [0.3, 0.4) is 0 Å². The van der Waals surface area contributed by atoms with Crippen LogP contribution in [0.1, 0.15) is 5.56 Å². The Morgan fingerprint density at radius 2 is 1.93 bits per heavy atom. The van der Waals surface area contributed by atoms with Gasteiger partial charge >= 0.3 is 0 Å². The van der Waals surface area contributed by atoms with Crippen molar-refractivity contribution in [3.05, 3.63) is 42.0 Å². The van der Waals surface area contributed by atoms with Crippen molar-refractivity contribution in [2.75, 3.05) is 12.4 Å². The minimum absolute atomic E-state index is 0.784. The molecule has 1 heterocycles. The summed E-state index contributed by atoms with van der Waals surface area (Å²) in [5, 5.41) is 11.1. The van der Waals surface area contributed by atoms with Gasteiger partial charge in [0.25, 0.3) is 0 Å². The molecule has 0 bridgehead atoms. The quantitative estimate of drug-likeness (QED) is 0.807. The summed E-state index contributed by atoms with van der Waals surface area (Å²) in [7, 11) is 1.83. The molecule has 76 valence electrons. The van der Waals surface area contributed by atoms with Crippen LogP contribution in [-0.2, 0) is 0 Å². The smallest absolute Gasteiger partial charge is 0.148 e. The molecule has 1 aromatic carbocycles. The van der Waals surface area contributed by atoms with Crippen LogP contribution in [-0.4, -0.2) is 17.2 Å². The predicted molar refractivity (Wildman–Crippen MR) is 61.8 cm³/mol. The normalized spacial score (nSPS) is 10.0. The van der Waals surface area contributed by atoms with Gasteiger partial charge in [-0.2, -0.15) is 0 Å². The Hall–Kier alpha value is -1.90. The number of anilines is 1. The summed E-state index contributed by atoms with van der Waals surface area (Å²) >= 11 is 0. The van der Waals surface area contributed by atoms with Gasteiger partial charge in [-0.15, -0.1) is 10.2 Å². The van der Waals surface area contributed by atoms with Gasteiger partial charge in [0, 0.05) is 12.6 Å². The molecule has 3 heteroatoms. The summed E-state index contributed by atoms with van der Waals surface area (Å²) in [6.45, 7) is 2.07. The maximum Gasteiger partial charge on any atom is 0.148 e. The molecule has 0 aliphatic carbocycles. The van der Waals surface area contributed by atoms with Gasteiger partial charge < -0.3 is 5.32 Å². The number of nitrogens with zero attached hydrogens (tertiary/aromatic N) is 2. The second-order valence-electron chi connectivity index (χ2n) is 3.42. The van der Waals surface area contributed by atoms with Gasteiger partial charge in [-0.25, -0.2) is 0 Å². The van der Waals surface area contributed by atoms with E-state index in [1.807, 2.05) is 31.3 Å². The van der Waals surface area contributed by atoms with Crippen molar-refractivity contribution in [2.45, 2.75) is 6.92 Å². The van der Waals surface area contributed by atoms with E-state index in [4.69, 9.17) is 0 Å². The highest BCUT2D eigenvalue weighted by Gasteiger charge is 1.99. The van der Waals surface area contributed by atoms with Crippen LogP contribution in [0.2, 0.25) is 0 Å². The third-order valence-corrected chi connectivity index (χ3v) is 2.23. The first-order valence-electron chi connectivity index (χ1n) is 4.88. The Kier molecular flexibility index (Phi) is 2.63. The van der Waals surface area contributed by atoms with Crippen LogP contribution in [0.5, 0.6) is 0 Å². The third kappa shape index (κ3) is 2.13. The lowest BCUT2D eigenvalue weighted by atomic mass is 10.1. The van der Waals surface area contributed by atoms with Crippen LogP contribution in [0.4, 0.5) is 5.82 Å². The van der Waals surface area contributed by atoms with Crippen molar-refractivity contribution in [1.82, 2.24) is 10.2 Å². The monoisotopic (exact) mass is 199 g/mol. The van der Waals surface area contributed by atoms with E-state index in [0.717, 1.165) is 17.1 Å². The van der Waals surface area contributed by atoms with Crippen LogP contribution < -0.4 is 5.32 Å². The number of nitrogens with one attached hydrogen (secondary N) is 1. The zero-order chi connectivity index (χ0) is 10.7. The summed E-state index contributed by atoms with van der Waals surface area (Å²) in [5.74, 6) is 0.784. The Morgan fingerprint density at radius 1 is 1.07 bits per heavy atom. The first-order valence-corrected chi connectivity index (χ1v) is 4.88. The lowest BCUT2D eigenvalue weighted by Crippen LogP contribution is -1.95. The molecule has 0 aliphatic heterocycles. The van der Waals surface area contributed by atoms with Crippen molar-refractivity contribution in [2.24, 2.45) is 0 Å². The Morgan fingerprint density at radius 3 is 2.53 bits per heavy atom. The molecule has 0 saturated heterocycles. The minimum atomic E-state index is 0.784. The summed E-state index contributed by atoms with van der Waals surface area (Å²) in [6.07, 6.45) is 0. The van der Waals surface area contributed by atoms with E-state index < -0.39 is 0 Å². The molecule has 0 spiro atoms. The maximum atomic E-state index is 4.15. The second-order valence-corrected chi connectivity index (χ2v) is 3.42. The largest absolute Gasteiger partial charge is 0.372 e. The summed E-state index contributed by atoms with van der Waals surface area (Å²) < 4.78 is 0. The lowest BCUT2D eigenvalue weighted by molar-refractivity contribution is 1.04. The Labute approximate surface area is 89.2 Å². The van der Waals surface area contributed by atoms with Gasteiger partial charge in [0.05, 0.1) is 5.69 Å². The molecule has 0 atom stereocenters. The highest BCUT2D eigenvalue weighted by Crippen LogP contribution is 2.17. The summed E-state index contributed by atoms with van der Waals surface area (Å²) in [6, 6.07) is 12.1. The fraction of sp³-hybridized carbons (Fsp3) is 0.167. The second kappa shape index (κ2) is 4.09. The standard InChI is InChI=1S/C12H13N3/c1-9-4-3-5-10(8-9)11-6-7-12(13-2)15-14-11/h3-8H,1-2H3,(H,13,15). The van der Waals surface area contributed by atoms with Gasteiger partial charge in [0.15, 0.2) is 0 Å². The van der Waals surface area contributed by atoms with E-state index >= 15 is 0 Å². The van der Waals surface area contributed by atoms with Crippen LogP contribution >= 0.6 is 0 Å². The molecule has 0 aliphatic rings. The van der Waals surface area contributed by atoms with E-state index in [1.165, 1.54) is 5.56 Å².